The Morgan fingerprint density at radius 3 is 2.50 bits per heavy atom. The maximum atomic E-state index is 14.4. The van der Waals surface area contributed by atoms with Gasteiger partial charge in [-0.2, -0.15) is 0 Å². The van der Waals surface area contributed by atoms with Gasteiger partial charge in [0.25, 0.3) is 5.56 Å². The van der Waals surface area contributed by atoms with E-state index in [1.54, 1.807) is 39.0 Å². The van der Waals surface area contributed by atoms with Crippen molar-refractivity contribution in [1.29, 1.82) is 0 Å². The second-order valence-corrected chi connectivity index (χ2v) is 9.39. The number of nitrogens with one attached hydrogen (secondary N) is 1. The van der Waals surface area contributed by atoms with E-state index in [4.69, 9.17) is 0 Å². The van der Waals surface area contributed by atoms with E-state index in [1.165, 1.54) is 16.4 Å². The molecule has 2 aromatic rings. The number of aromatic amines is 1. The predicted octanol–water partition coefficient (Wildman–Crippen LogP) is 2.14. The molecule has 1 aromatic heterocycles. The van der Waals surface area contributed by atoms with Crippen molar-refractivity contribution in [2.75, 3.05) is 13.1 Å². The number of hydrogen-bond acceptors (Lipinski definition) is 4. The number of aromatic nitrogens is 2. The first-order valence-corrected chi connectivity index (χ1v) is 10.0. The molecule has 0 bridgehead atoms. The average Bonchev–Trinajstić information content (AvgIpc) is 3.00. The van der Waals surface area contributed by atoms with E-state index in [9.17, 15) is 17.6 Å². The molecule has 1 fully saturated rings. The summed E-state index contributed by atoms with van der Waals surface area (Å²) in [6.07, 6.45) is 0. The summed E-state index contributed by atoms with van der Waals surface area (Å²) in [5, 5.41) is -0.573. The standard InChI is InChI=1S/C18H22FN3O3S/c1-11(2)26(24,25)22-9-14(13-6-4-5-7-16(13)19)15(10-22)17-8-18(23)21-12(3)20-17/h4-8,11,14-15H,9-10H2,1-3H3,(H,20,21,23)/t14-,15+/m0/s1. The smallest absolute Gasteiger partial charge is 0.251 e. The van der Waals surface area contributed by atoms with Gasteiger partial charge in [-0.1, -0.05) is 18.2 Å². The molecule has 1 aliphatic rings. The molecule has 0 unspecified atom stereocenters. The Hall–Kier alpha value is -2.06. The molecule has 0 spiro atoms. The fraction of sp³-hybridized carbons (Fsp3) is 0.444. The molecule has 0 amide bonds. The number of hydrogen-bond donors (Lipinski definition) is 1. The third-order valence-corrected chi connectivity index (χ3v) is 7.02. The van der Waals surface area contributed by atoms with Gasteiger partial charge in [0.05, 0.1) is 10.9 Å². The first kappa shape index (κ1) is 18.7. The first-order chi connectivity index (χ1) is 12.2. The number of halogens is 1. The van der Waals surface area contributed by atoms with Crippen molar-refractivity contribution < 1.29 is 12.8 Å². The van der Waals surface area contributed by atoms with Crippen LogP contribution in [-0.2, 0) is 10.0 Å². The highest BCUT2D eigenvalue weighted by molar-refractivity contribution is 7.89. The van der Waals surface area contributed by atoms with Crippen molar-refractivity contribution in [2.45, 2.75) is 37.9 Å². The molecule has 8 heteroatoms. The van der Waals surface area contributed by atoms with Crippen LogP contribution < -0.4 is 5.56 Å². The maximum Gasteiger partial charge on any atom is 0.251 e. The molecule has 26 heavy (non-hydrogen) atoms. The number of rotatable bonds is 4. The van der Waals surface area contributed by atoms with Crippen molar-refractivity contribution in [3.05, 3.63) is 63.6 Å². The molecule has 1 N–H and O–H groups in total. The highest BCUT2D eigenvalue weighted by Crippen LogP contribution is 2.41. The van der Waals surface area contributed by atoms with E-state index in [1.807, 2.05) is 0 Å². The zero-order valence-corrected chi connectivity index (χ0v) is 15.8. The quantitative estimate of drug-likeness (QED) is 0.882. The van der Waals surface area contributed by atoms with Crippen LogP contribution in [0.3, 0.4) is 0 Å². The van der Waals surface area contributed by atoms with Crippen molar-refractivity contribution in [1.82, 2.24) is 14.3 Å². The van der Waals surface area contributed by atoms with E-state index in [0.29, 0.717) is 17.1 Å². The molecular formula is C18H22FN3O3S. The molecule has 1 aliphatic heterocycles. The lowest BCUT2D eigenvalue weighted by molar-refractivity contribution is 0.461. The minimum absolute atomic E-state index is 0.166. The summed E-state index contributed by atoms with van der Waals surface area (Å²) in [6, 6.07) is 7.73. The highest BCUT2D eigenvalue weighted by Gasteiger charge is 2.42. The Bertz CT molecular complexity index is 972. The predicted molar refractivity (Wildman–Crippen MR) is 97.1 cm³/mol. The summed E-state index contributed by atoms with van der Waals surface area (Å²) in [5.41, 5.74) is 0.629. The van der Waals surface area contributed by atoms with Gasteiger partial charge in [0, 0.05) is 31.0 Å². The zero-order valence-electron chi connectivity index (χ0n) is 14.9. The molecule has 2 atom stereocenters. The van der Waals surface area contributed by atoms with Crippen LogP contribution in [0, 0.1) is 12.7 Å². The first-order valence-electron chi connectivity index (χ1n) is 8.51. The second kappa shape index (κ2) is 6.92. The summed E-state index contributed by atoms with van der Waals surface area (Å²) in [6.45, 7) is 5.25. The van der Waals surface area contributed by atoms with Crippen LogP contribution >= 0.6 is 0 Å². The van der Waals surface area contributed by atoms with Gasteiger partial charge >= 0.3 is 0 Å². The topological polar surface area (TPSA) is 83.1 Å². The Morgan fingerprint density at radius 2 is 1.88 bits per heavy atom. The summed E-state index contributed by atoms with van der Waals surface area (Å²) in [4.78, 5) is 18.8. The Kier molecular flexibility index (Phi) is 4.98. The van der Waals surface area contributed by atoms with E-state index < -0.39 is 21.2 Å². The SMILES string of the molecule is Cc1nc([C@@H]2CN(S(=O)(=O)C(C)C)C[C@H]2c2ccccc2F)cc(=O)[nH]1. The number of benzene rings is 1. The minimum Gasteiger partial charge on any atom is -0.311 e. The fourth-order valence-electron chi connectivity index (χ4n) is 3.46. The van der Waals surface area contributed by atoms with E-state index in [0.717, 1.165) is 0 Å². The Labute approximate surface area is 152 Å². The largest absolute Gasteiger partial charge is 0.311 e. The van der Waals surface area contributed by atoms with Gasteiger partial charge in [0.15, 0.2) is 0 Å². The van der Waals surface area contributed by atoms with Crippen molar-refractivity contribution in [3.63, 3.8) is 0 Å². The van der Waals surface area contributed by atoms with Crippen LogP contribution in [0.5, 0.6) is 0 Å². The van der Waals surface area contributed by atoms with Crippen LogP contribution in [0.15, 0.2) is 35.1 Å². The number of sulfonamides is 1. The molecule has 0 radical (unpaired) electrons. The number of nitrogens with zero attached hydrogens (tertiary/aromatic N) is 2. The second-order valence-electron chi connectivity index (χ2n) is 6.90. The molecule has 2 heterocycles. The third kappa shape index (κ3) is 3.43. The van der Waals surface area contributed by atoms with Gasteiger partial charge in [-0.3, -0.25) is 4.79 Å². The van der Waals surface area contributed by atoms with Gasteiger partial charge in [-0.25, -0.2) is 22.1 Å². The van der Waals surface area contributed by atoms with E-state index in [-0.39, 0.29) is 30.4 Å². The Morgan fingerprint density at radius 1 is 1.23 bits per heavy atom. The van der Waals surface area contributed by atoms with Crippen molar-refractivity contribution in [3.8, 4) is 0 Å². The Balaban J connectivity index is 2.09. The van der Waals surface area contributed by atoms with Crippen molar-refractivity contribution in [2.24, 2.45) is 0 Å². The van der Waals surface area contributed by atoms with Gasteiger partial charge < -0.3 is 4.98 Å². The number of H-pyrrole nitrogens is 1. The third-order valence-electron chi connectivity index (χ3n) is 4.81. The summed E-state index contributed by atoms with van der Waals surface area (Å²) >= 11 is 0. The van der Waals surface area contributed by atoms with Crippen LogP contribution in [0.25, 0.3) is 0 Å². The van der Waals surface area contributed by atoms with E-state index in [2.05, 4.69) is 9.97 Å². The molecule has 1 aromatic carbocycles. The van der Waals surface area contributed by atoms with Crippen LogP contribution in [-0.4, -0.2) is 41.0 Å². The lowest BCUT2D eigenvalue weighted by Gasteiger charge is -2.19. The molecule has 6 nitrogen and oxygen atoms in total. The van der Waals surface area contributed by atoms with Crippen LogP contribution in [0.1, 0.15) is 42.8 Å². The van der Waals surface area contributed by atoms with Gasteiger partial charge in [-0.15, -0.1) is 0 Å². The van der Waals surface area contributed by atoms with Crippen LogP contribution in [0.4, 0.5) is 4.39 Å². The van der Waals surface area contributed by atoms with Gasteiger partial charge in [-0.05, 0) is 32.4 Å². The number of aryl methyl sites for hydroxylation is 1. The minimum atomic E-state index is -3.49. The molecular weight excluding hydrogens is 357 g/mol. The molecule has 140 valence electrons. The maximum absolute atomic E-state index is 14.4. The zero-order chi connectivity index (χ0) is 19.1. The molecule has 3 rings (SSSR count). The normalized spacial score (nSPS) is 21.4. The molecule has 0 aliphatic carbocycles. The molecule has 1 saturated heterocycles. The highest BCUT2D eigenvalue weighted by atomic mass is 32.2. The molecule has 0 saturated carbocycles. The monoisotopic (exact) mass is 379 g/mol. The lowest BCUT2D eigenvalue weighted by atomic mass is 9.86. The summed E-state index contributed by atoms with van der Waals surface area (Å²) < 4.78 is 41.1. The summed E-state index contributed by atoms with van der Waals surface area (Å²) in [5.74, 6) is -0.724. The van der Waals surface area contributed by atoms with Crippen LogP contribution in [0.2, 0.25) is 0 Å². The average molecular weight is 379 g/mol. The van der Waals surface area contributed by atoms with Crippen molar-refractivity contribution >= 4 is 10.0 Å². The van der Waals surface area contributed by atoms with Gasteiger partial charge in [0.1, 0.15) is 11.6 Å². The lowest BCUT2D eigenvalue weighted by Crippen LogP contribution is -2.34. The summed E-state index contributed by atoms with van der Waals surface area (Å²) in [7, 11) is -3.49. The van der Waals surface area contributed by atoms with E-state index >= 15 is 0 Å². The fourth-order valence-corrected chi connectivity index (χ4v) is 4.79. The van der Waals surface area contributed by atoms with Gasteiger partial charge in [0.2, 0.25) is 10.0 Å².